The van der Waals surface area contributed by atoms with Gasteiger partial charge in [0.25, 0.3) is 0 Å². The molecular weight excluding hydrogens is 344 g/mol. The minimum absolute atomic E-state index is 0.000690. The van der Waals surface area contributed by atoms with Gasteiger partial charge in [-0.25, -0.2) is 9.97 Å². The molecule has 3 heterocycles. The third-order valence-electron chi connectivity index (χ3n) is 5.47. The van der Waals surface area contributed by atoms with E-state index in [0.29, 0.717) is 17.6 Å². The van der Waals surface area contributed by atoms with Gasteiger partial charge in [-0.3, -0.25) is 10.1 Å². The van der Waals surface area contributed by atoms with Crippen LogP contribution in [0.15, 0.2) is 6.33 Å². The third kappa shape index (κ3) is 4.66. The number of anilines is 2. The zero-order valence-corrected chi connectivity index (χ0v) is 17.1. The molecule has 1 unspecified atom stereocenters. The lowest BCUT2D eigenvalue weighted by molar-refractivity contribution is -0.383. The fraction of sp³-hybridized carbons (Fsp3) is 0.789. The first kappa shape index (κ1) is 19.8. The van der Waals surface area contributed by atoms with Crippen LogP contribution in [-0.2, 0) is 0 Å². The van der Waals surface area contributed by atoms with Crippen molar-refractivity contribution >= 4 is 17.3 Å². The molecule has 8 nitrogen and oxygen atoms in total. The van der Waals surface area contributed by atoms with Gasteiger partial charge in [-0.2, -0.15) is 0 Å². The molecule has 0 saturated carbocycles. The zero-order chi connectivity index (χ0) is 19.8. The summed E-state index contributed by atoms with van der Waals surface area (Å²) in [4.78, 5) is 22.2. The van der Waals surface area contributed by atoms with E-state index in [1.165, 1.54) is 6.33 Å². The first-order valence-corrected chi connectivity index (χ1v) is 9.86. The van der Waals surface area contributed by atoms with Crippen LogP contribution in [0.3, 0.4) is 0 Å². The zero-order valence-electron chi connectivity index (χ0n) is 17.1. The van der Waals surface area contributed by atoms with Crippen LogP contribution in [0.2, 0.25) is 0 Å². The molecule has 150 valence electrons. The average Bonchev–Trinajstić information content (AvgIpc) is 2.51. The first-order valence-electron chi connectivity index (χ1n) is 9.86. The molecule has 3 rings (SSSR count). The van der Waals surface area contributed by atoms with Crippen LogP contribution in [0.4, 0.5) is 17.3 Å². The van der Waals surface area contributed by atoms with E-state index in [9.17, 15) is 10.1 Å². The summed E-state index contributed by atoms with van der Waals surface area (Å²) in [6.07, 6.45) is 5.37. The minimum atomic E-state index is -0.339. The maximum atomic E-state index is 11.9. The SMILES string of the molecule is CC1CCCN(c2ncnc(NC3CC(C)(C)NC(C)(C)C3)c2[N+](=O)[O-])C1. The van der Waals surface area contributed by atoms with Crippen molar-refractivity contribution in [2.24, 2.45) is 5.92 Å². The average molecular weight is 377 g/mol. The summed E-state index contributed by atoms with van der Waals surface area (Å²) in [5, 5.41) is 18.9. The van der Waals surface area contributed by atoms with Crippen LogP contribution in [-0.4, -0.2) is 45.1 Å². The van der Waals surface area contributed by atoms with Gasteiger partial charge in [-0.15, -0.1) is 0 Å². The molecule has 1 aromatic rings. The van der Waals surface area contributed by atoms with Crippen molar-refractivity contribution in [3.8, 4) is 0 Å². The Morgan fingerprint density at radius 3 is 2.52 bits per heavy atom. The highest BCUT2D eigenvalue weighted by atomic mass is 16.6. The molecular formula is C19H32N6O2. The van der Waals surface area contributed by atoms with Gasteiger partial charge in [0.15, 0.2) is 0 Å². The number of nitrogens with zero attached hydrogens (tertiary/aromatic N) is 4. The quantitative estimate of drug-likeness (QED) is 0.614. The Morgan fingerprint density at radius 2 is 1.93 bits per heavy atom. The second-order valence-electron chi connectivity index (χ2n) is 9.49. The van der Waals surface area contributed by atoms with Gasteiger partial charge in [0, 0.05) is 30.2 Å². The molecule has 0 aromatic carbocycles. The van der Waals surface area contributed by atoms with E-state index in [1.807, 2.05) is 4.90 Å². The van der Waals surface area contributed by atoms with E-state index < -0.39 is 0 Å². The highest BCUT2D eigenvalue weighted by molar-refractivity contribution is 5.70. The second kappa shape index (κ2) is 7.22. The van der Waals surface area contributed by atoms with Crippen LogP contribution in [0.25, 0.3) is 0 Å². The molecule has 2 aliphatic heterocycles. The normalized spacial score (nSPS) is 25.2. The largest absolute Gasteiger partial charge is 0.361 e. The first-order chi connectivity index (χ1) is 12.6. The molecule has 2 N–H and O–H groups in total. The molecule has 2 aliphatic rings. The summed E-state index contributed by atoms with van der Waals surface area (Å²) < 4.78 is 0. The molecule has 2 fully saturated rings. The Kier molecular flexibility index (Phi) is 5.29. The van der Waals surface area contributed by atoms with Gasteiger partial charge < -0.3 is 15.5 Å². The predicted molar refractivity (Wildman–Crippen MR) is 107 cm³/mol. The van der Waals surface area contributed by atoms with Crippen LogP contribution in [0, 0.1) is 16.0 Å². The highest BCUT2D eigenvalue weighted by Gasteiger charge is 2.39. The van der Waals surface area contributed by atoms with Gasteiger partial charge in [0.2, 0.25) is 11.6 Å². The fourth-order valence-corrected chi connectivity index (χ4v) is 4.87. The summed E-state index contributed by atoms with van der Waals surface area (Å²) in [7, 11) is 0. The lowest BCUT2D eigenvalue weighted by atomic mass is 9.79. The maximum absolute atomic E-state index is 11.9. The predicted octanol–water partition coefficient (Wildman–Crippen LogP) is 3.34. The van der Waals surface area contributed by atoms with Gasteiger partial charge in [-0.05, 0) is 59.3 Å². The molecule has 0 bridgehead atoms. The van der Waals surface area contributed by atoms with E-state index in [4.69, 9.17) is 0 Å². The van der Waals surface area contributed by atoms with Crippen molar-refractivity contribution in [2.75, 3.05) is 23.3 Å². The Bertz CT molecular complexity index is 689. The van der Waals surface area contributed by atoms with Crippen LogP contribution in [0.1, 0.15) is 60.3 Å². The third-order valence-corrected chi connectivity index (χ3v) is 5.47. The van der Waals surface area contributed by atoms with E-state index in [1.54, 1.807) is 0 Å². The van der Waals surface area contributed by atoms with E-state index in [0.717, 1.165) is 38.8 Å². The molecule has 27 heavy (non-hydrogen) atoms. The van der Waals surface area contributed by atoms with Crippen molar-refractivity contribution < 1.29 is 4.92 Å². The number of hydrogen-bond donors (Lipinski definition) is 2. The monoisotopic (exact) mass is 376 g/mol. The van der Waals surface area contributed by atoms with Crippen LogP contribution in [0.5, 0.6) is 0 Å². The molecule has 1 atom stereocenters. The number of nitrogens with one attached hydrogen (secondary N) is 2. The number of nitro groups is 1. The van der Waals surface area contributed by atoms with Crippen molar-refractivity contribution in [3.05, 3.63) is 16.4 Å². The molecule has 1 aromatic heterocycles. The van der Waals surface area contributed by atoms with Gasteiger partial charge in [-0.1, -0.05) is 6.92 Å². The van der Waals surface area contributed by atoms with Crippen molar-refractivity contribution in [2.45, 2.75) is 77.4 Å². The molecule has 2 saturated heterocycles. The maximum Gasteiger partial charge on any atom is 0.353 e. The van der Waals surface area contributed by atoms with E-state index in [2.05, 4.69) is 55.2 Å². The van der Waals surface area contributed by atoms with Crippen LogP contribution >= 0.6 is 0 Å². The number of piperidine rings is 2. The molecule has 0 radical (unpaired) electrons. The van der Waals surface area contributed by atoms with Gasteiger partial charge >= 0.3 is 5.69 Å². The Morgan fingerprint density at radius 1 is 1.26 bits per heavy atom. The second-order valence-corrected chi connectivity index (χ2v) is 9.49. The Hall–Kier alpha value is -1.96. The molecule has 0 aliphatic carbocycles. The number of rotatable bonds is 4. The number of hydrogen-bond acceptors (Lipinski definition) is 7. The Labute approximate surface area is 161 Å². The summed E-state index contributed by atoms with van der Waals surface area (Å²) in [6, 6.07) is 0.109. The highest BCUT2D eigenvalue weighted by Crippen LogP contribution is 2.36. The summed E-state index contributed by atoms with van der Waals surface area (Å²) >= 11 is 0. The standard InChI is InChI=1S/C19H32N6O2/c1-13-7-6-8-24(11-13)17-15(25(26)27)16(20-12-21-17)22-14-9-18(2,3)23-19(4,5)10-14/h12-14,23H,6-11H2,1-5H3,(H,20,21,22). The van der Waals surface area contributed by atoms with Crippen molar-refractivity contribution in [1.82, 2.24) is 15.3 Å². The van der Waals surface area contributed by atoms with Crippen molar-refractivity contribution in [1.29, 1.82) is 0 Å². The summed E-state index contributed by atoms with van der Waals surface area (Å²) in [5.74, 6) is 1.29. The summed E-state index contributed by atoms with van der Waals surface area (Å²) in [6.45, 7) is 12.4. The van der Waals surface area contributed by atoms with Crippen LogP contribution < -0.4 is 15.5 Å². The van der Waals surface area contributed by atoms with Gasteiger partial charge in [0.05, 0.1) is 4.92 Å². The Balaban J connectivity index is 1.89. The van der Waals surface area contributed by atoms with E-state index in [-0.39, 0.29) is 27.7 Å². The topological polar surface area (TPSA) is 96.2 Å². The molecule has 0 spiro atoms. The lowest BCUT2D eigenvalue weighted by Gasteiger charge is -2.46. The fourth-order valence-electron chi connectivity index (χ4n) is 4.87. The van der Waals surface area contributed by atoms with E-state index >= 15 is 0 Å². The molecule has 0 amide bonds. The minimum Gasteiger partial charge on any atom is -0.361 e. The van der Waals surface area contributed by atoms with Crippen molar-refractivity contribution in [3.63, 3.8) is 0 Å². The summed E-state index contributed by atoms with van der Waals surface area (Å²) in [5.41, 5.74) is -0.0978. The molecule has 8 heteroatoms. The van der Waals surface area contributed by atoms with Gasteiger partial charge in [0.1, 0.15) is 6.33 Å². The number of aromatic nitrogens is 2. The smallest absolute Gasteiger partial charge is 0.353 e. The lowest BCUT2D eigenvalue weighted by Crippen LogP contribution is -2.60.